The van der Waals surface area contributed by atoms with Crippen LogP contribution in [0, 0.1) is 16.0 Å². The lowest BCUT2D eigenvalue weighted by atomic mass is 9.98. The Hall–Kier alpha value is -1.82. The largest absolute Gasteiger partial charge is 0.494 e. The van der Waals surface area contributed by atoms with Gasteiger partial charge in [-0.05, 0) is 38.4 Å². The molecule has 1 aromatic carbocycles. The molecule has 0 aromatic heterocycles. The van der Waals surface area contributed by atoms with Crippen molar-refractivity contribution in [2.45, 2.75) is 12.8 Å². The van der Waals surface area contributed by atoms with Crippen molar-refractivity contribution >= 4 is 11.4 Å². The number of nitrogens with zero attached hydrogens (tertiary/aromatic N) is 2. The third-order valence-electron chi connectivity index (χ3n) is 3.70. The molecule has 1 heterocycles. The zero-order valence-electron chi connectivity index (χ0n) is 12.0. The monoisotopic (exact) mass is 279 g/mol. The second-order valence-electron chi connectivity index (χ2n) is 5.29. The molecule has 6 nitrogen and oxygen atoms in total. The molecular weight excluding hydrogens is 258 g/mol. The molecule has 2 rings (SSSR count). The van der Waals surface area contributed by atoms with Crippen LogP contribution >= 0.6 is 0 Å². The number of likely N-dealkylation sites (tertiary alicyclic amines) is 1. The molecule has 1 unspecified atom stereocenters. The Bertz CT molecular complexity index is 479. The summed E-state index contributed by atoms with van der Waals surface area (Å²) >= 11 is 0. The lowest BCUT2D eigenvalue weighted by Crippen LogP contribution is -2.35. The Labute approximate surface area is 118 Å². The summed E-state index contributed by atoms with van der Waals surface area (Å²) in [6, 6.07) is 4.66. The third kappa shape index (κ3) is 3.60. The molecule has 0 amide bonds. The van der Waals surface area contributed by atoms with Crippen LogP contribution in [-0.4, -0.2) is 43.6 Å². The van der Waals surface area contributed by atoms with E-state index in [0.717, 1.165) is 25.3 Å². The van der Waals surface area contributed by atoms with E-state index < -0.39 is 4.92 Å². The topological polar surface area (TPSA) is 67.6 Å². The summed E-state index contributed by atoms with van der Waals surface area (Å²) in [5.41, 5.74) is 0.858. The number of nitrogens with one attached hydrogen (secondary N) is 1. The van der Waals surface area contributed by atoms with Gasteiger partial charge in [-0.15, -0.1) is 0 Å². The summed E-state index contributed by atoms with van der Waals surface area (Å²) < 4.78 is 5.22. The van der Waals surface area contributed by atoms with Crippen molar-refractivity contribution in [3.8, 4) is 5.75 Å². The van der Waals surface area contributed by atoms with Gasteiger partial charge in [-0.25, -0.2) is 0 Å². The lowest BCUT2D eigenvalue weighted by molar-refractivity contribution is -0.384. The smallest absolute Gasteiger partial charge is 0.273 e. The maximum absolute atomic E-state index is 10.7. The molecule has 1 aliphatic heterocycles. The molecule has 0 spiro atoms. The van der Waals surface area contributed by atoms with Crippen molar-refractivity contribution in [3.63, 3.8) is 0 Å². The van der Waals surface area contributed by atoms with Gasteiger partial charge in [0.15, 0.2) is 0 Å². The number of methoxy groups -OCH3 is 1. The van der Waals surface area contributed by atoms with Gasteiger partial charge in [0.05, 0.1) is 23.8 Å². The van der Waals surface area contributed by atoms with E-state index in [-0.39, 0.29) is 5.69 Å². The number of nitro benzene ring substituents is 1. The molecule has 110 valence electrons. The molecule has 1 N–H and O–H groups in total. The zero-order valence-corrected chi connectivity index (χ0v) is 12.0. The number of rotatable bonds is 5. The maximum Gasteiger partial charge on any atom is 0.273 e. The molecule has 0 radical (unpaired) electrons. The van der Waals surface area contributed by atoms with E-state index in [1.54, 1.807) is 6.07 Å². The molecule has 6 heteroatoms. The minimum Gasteiger partial charge on any atom is -0.494 e. The van der Waals surface area contributed by atoms with Gasteiger partial charge in [0.1, 0.15) is 5.75 Å². The molecule has 1 aliphatic rings. The van der Waals surface area contributed by atoms with Crippen molar-refractivity contribution in [1.29, 1.82) is 0 Å². The maximum atomic E-state index is 10.7. The van der Waals surface area contributed by atoms with Crippen molar-refractivity contribution < 1.29 is 9.66 Å². The van der Waals surface area contributed by atoms with Crippen LogP contribution in [0.1, 0.15) is 12.8 Å². The summed E-state index contributed by atoms with van der Waals surface area (Å²) in [5, 5.41) is 14.1. The Morgan fingerprint density at radius 2 is 2.35 bits per heavy atom. The molecule has 20 heavy (non-hydrogen) atoms. The summed E-state index contributed by atoms with van der Waals surface area (Å²) in [6.07, 6.45) is 2.44. The molecular formula is C14H21N3O3. The number of nitro groups is 1. The first-order valence-corrected chi connectivity index (χ1v) is 6.85. The molecule has 0 bridgehead atoms. The van der Waals surface area contributed by atoms with Crippen LogP contribution < -0.4 is 10.1 Å². The normalized spacial score (nSPS) is 19.6. The van der Waals surface area contributed by atoms with Crippen LogP contribution in [0.5, 0.6) is 5.75 Å². The standard InChI is InChI=1S/C14H21N3O3/c1-16-7-3-4-11(10-16)9-15-13-6-5-12(17(18)19)8-14(13)20-2/h5-6,8,11,15H,3-4,7,9-10H2,1-2H3. The molecule has 1 fully saturated rings. The molecule has 0 aliphatic carbocycles. The van der Waals surface area contributed by atoms with E-state index in [4.69, 9.17) is 4.74 Å². The highest BCUT2D eigenvalue weighted by Crippen LogP contribution is 2.29. The Morgan fingerprint density at radius 3 is 3.00 bits per heavy atom. The Balaban J connectivity index is 2.00. The molecule has 0 saturated carbocycles. The second-order valence-corrected chi connectivity index (χ2v) is 5.29. The highest BCUT2D eigenvalue weighted by Gasteiger charge is 2.18. The van der Waals surface area contributed by atoms with Crippen molar-refractivity contribution in [3.05, 3.63) is 28.3 Å². The molecule has 1 aromatic rings. The minimum atomic E-state index is -0.414. The molecule has 1 atom stereocenters. The quantitative estimate of drug-likeness (QED) is 0.662. The van der Waals surface area contributed by atoms with Crippen molar-refractivity contribution in [1.82, 2.24) is 4.90 Å². The van der Waals surface area contributed by atoms with E-state index in [9.17, 15) is 10.1 Å². The summed E-state index contributed by atoms with van der Waals surface area (Å²) in [5.74, 6) is 1.12. The van der Waals surface area contributed by atoms with Gasteiger partial charge < -0.3 is 15.0 Å². The minimum absolute atomic E-state index is 0.0461. The summed E-state index contributed by atoms with van der Waals surface area (Å²) in [4.78, 5) is 12.7. The van der Waals surface area contributed by atoms with Gasteiger partial charge >= 0.3 is 0 Å². The number of hydrogen-bond donors (Lipinski definition) is 1. The predicted octanol–water partition coefficient (Wildman–Crippen LogP) is 2.36. The van der Waals surface area contributed by atoms with Crippen LogP contribution in [-0.2, 0) is 0 Å². The zero-order chi connectivity index (χ0) is 14.5. The number of anilines is 1. The number of benzene rings is 1. The van der Waals surface area contributed by atoms with E-state index in [2.05, 4.69) is 17.3 Å². The average Bonchev–Trinajstić information content (AvgIpc) is 2.45. The SMILES string of the molecule is COc1cc([N+](=O)[O-])ccc1NCC1CCCN(C)C1. The Kier molecular flexibility index (Phi) is 4.79. The van der Waals surface area contributed by atoms with Crippen LogP contribution in [0.2, 0.25) is 0 Å². The summed E-state index contributed by atoms with van der Waals surface area (Å²) in [6.45, 7) is 3.11. The number of non-ortho nitro benzene ring substituents is 1. The highest BCUT2D eigenvalue weighted by molar-refractivity contribution is 5.60. The number of ether oxygens (including phenoxy) is 1. The average molecular weight is 279 g/mol. The molecule has 1 saturated heterocycles. The lowest BCUT2D eigenvalue weighted by Gasteiger charge is -2.30. The van der Waals surface area contributed by atoms with Gasteiger partial charge in [0.25, 0.3) is 5.69 Å². The van der Waals surface area contributed by atoms with Gasteiger partial charge in [-0.1, -0.05) is 0 Å². The van der Waals surface area contributed by atoms with Gasteiger partial charge in [-0.2, -0.15) is 0 Å². The van der Waals surface area contributed by atoms with Crippen LogP contribution in [0.4, 0.5) is 11.4 Å². The fourth-order valence-corrected chi connectivity index (χ4v) is 2.63. The van der Waals surface area contributed by atoms with Crippen molar-refractivity contribution in [2.75, 3.05) is 39.1 Å². The first-order valence-electron chi connectivity index (χ1n) is 6.85. The van der Waals surface area contributed by atoms with Gasteiger partial charge in [0.2, 0.25) is 0 Å². The van der Waals surface area contributed by atoms with E-state index in [0.29, 0.717) is 11.7 Å². The van der Waals surface area contributed by atoms with Crippen LogP contribution in [0.3, 0.4) is 0 Å². The van der Waals surface area contributed by atoms with E-state index in [1.165, 1.54) is 32.1 Å². The second kappa shape index (κ2) is 6.56. The first kappa shape index (κ1) is 14.6. The van der Waals surface area contributed by atoms with E-state index >= 15 is 0 Å². The van der Waals surface area contributed by atoms with Gasteiger partial charge in [0, 0.05) is 19.2 Å². The first-order chi connectivity index (χ1) is 9.60. The highest BCUT2D eigenvalue weighted by atomic mass is 16.6. The fourth-order valence-electron chi connectivity index (χ4n) is 2.63. The number of piperidine rings is 1. The summed E-state index contributed by atoms with van der Waals surface area (Å²) in [7, 11) is 3.66. The van der Waals surface area contributed by atoms with Gasteiger partial charge in [-0.3, -0.25) is 10.1 Å². The fraction of sp³-hybridized carbons (Fsp3) is 0.571. The van der Waals surface area contributed by atoms with Crippen LogP contribution in [0.15, 0.2) is 18.2 Å². The van der Waals surface area contributed by atoms with Crippen molar-refractivity contribution in [2.24, 2.45) is 5.92 Å². The number of hydrogen-bond acceptors (Lipinski definition) is 5. The Morgan fingerprint density at radius 1 is 1.55 bits per heavy atom. The van der Waals surface area contributed by atoms with Crippen LogP contribution in [0.25, 0.3) is 0 Å². The third-order valence-corrected chi connectivity index (χ3v) is 3.70. The predicted molar refractivity (Wildman–Crippen MR) is 78.4 cm³/mol. The van der Waals surface area contributed by atoms with E-state index in [1.807, 2.05) is 0 Å².